The van der Waals surface area contributed by atoms with E-state index < -0.39 is 0 Å². The summed E-state index contributed by atoms with van der Waals surface area (Å²) in [5.41, 5.74) is 6.57. The average Bonchev–Trinajstić information content (AvgIpc) is 3.20. The van der Waals surface area contributed by atoms with Crippen molar-refractivity contribution in [3.63, 3.8) is 0 Å². The quantitative estimate of drug-likeness (QED) is 0.634. The number of aromatic nitrogens is 4. The van der Waals surface area contributed by atoms with Gasteiger partial charge in [0.2, 0.25) is 11.7 Å². The Morgan fingerprint density at radius 2 is 2.03 bits per heavy atom. The molecule has 0 spiro atoms. The molecule has 1 aromatic carbocycles. The Morgan fingerprint density at radius 1 is 1.20 bits per heavy atom. The zero-order valence-corrected chi connectivity index (χ0v) is 18.1. The fraction of sp³-hybridized carbons (Fsp3) is 0.455. The molecule has 0 aliphatic carbocycles. The van der Waals surface area contributed by atoms with Gasteiger partial charge in [-0.15, -0.1) is 0 Å². The van der Waals surface area contributed by atoms with Gasteiger partial charge < -0.3 is 14.0 Å². The molecule has 1 atom stereocenters. The molecule has 8 nitrogen and oxygen atoms in total. The topological polar surface area (TPSA) is 86.4 Å². The number of hydrogen-bond acceptors (Lipinski definition) is 8. The van der Waals surface area contributed by atoms with Gasteiger partial charge in [0.1, 0.15) is 18.2 Å². The molecule has 0 unspecified atom stereocenters. The van der Waals surface area contributed by atoms with Gasteiger partial charge in [0.25, 0.3) is 0 Å². The normalized spacial score (nSPS) is 17.3. The Morgan fingerprint density at radius 3 is 2.77 bits per heavy atom. The van der Waals surface area contributed by atoms with Crippen LogP contribution in [-0.2, 0) is 11.3 Å². The van der Waals surface area contributed by atoms with Crippen molar-refractivity contribution in [2.75, 3.05) is 26.8 Å². The van der Waals surface area contributed by atoms with Crippen molar-refractivity contribution < 1.29 is 14.0 Å². The van der Waals surface area contributed by atoms with Gasteiger partial charge in [-0.25, -0.2) is 9.97 Å². The maximum absolute atomic E-state index is 6.08. The molecule has 1 fully saturated rings. The van der Waals surface area contributed by atoms with Crippen LogP contribution in [0.3, 0.4) is 0 Å². The van der Waals surface area contributed by atoms with Crippen LogP contribution < -0.4 is 4.74 Å². The SMILES string of the molecule is COc1cc(C)c(CN2CCO[C@@H](c3ncncc3-c3noc(C)n3)C2)c(C)c1C. The minimum absolute atomic E-state index is 0.185. The fourth-order valence-electron chi connectivity index (χ4n) is 3.97. The monoisotopic (exact) mass is 409 g/mol. The second-order valence-electron chi connectivity index (χ2n) is 7.68. The van der Waals surface area contributed by atoms with Gasteiger partial charge in [-0.3, -0.25) is 4.90 Å². The molecule has 158 valence electrons. The third-order valence-corrected chi connectivity index (χ3v) is 5.78. The third-order valence-electron chi connectivity index (χ3n) is 5.78. The zero-order valence-electron chi connectivity index (χ0n) is 18.1. The molecule has 30 heavy (non-hydrogen) atoms. The van der Waals surface area contributed by atoms with E-state index in [0.717, 1.165) is 36.6 Å². The highest BCUT2D eigenvalue weighted by Gasteiger charge is 2.28. The number of methoxy groups -OCH3 is 1. The first-order valence-electron chi connectivity index (χ1n) is 10.1. The van der Waals surface area contributed by atoms with E-state index in [2.05, 4.69) is 51.8 Å². The first-order valence-corrected chi connectivity index (χ1v) is 10.1. The Kier molecular flexibility index (Phi) is 5.78. The van der Waals surface area contributed by atoms with Crippen molar-refractivity contribution in [2.45, 2.75) is 40.3 Å². The van der Waals surface area contributed by atoms with Crippen LogP contribution in [0.4, 0.5) is 0 Å². The van der Waals surface area contributed by atoms with E-state index in [9.17, 15) is 0 Å². The fourth-order valence-corrected chi connectivity index (χ4v) is 3.97. The van der Waals surface area contributed by atoms with E-state index in [-0.39, 0.29) is 6.10 Å². The first kappa shape index (κ1) is 20.4. The summed E-state index contributed by atoms with van der Waals surface area (Å²) in [5, 5.41) is 4.03. The molecule has 2 aromatic heterocycles. The number of ether oxygens (including phenoxy) is 2. The lowest BCUT2D eigenvalue weighted by atomic mass is 9.96. The summed E-state index contributed by atoms with van der Waals surface area (Å²) in [7, 11) is 1.72. The number of rotatable bonds is 5. The van der Waals surface area contributed by atoms with Crippen molar-refractivity contribution in [1.29, 1.82) is 0 Å². The summed E-state index contributed by atoms with van der Waals surface area (Å²) >= 11 is 0. The van der Waals surface area contributed by atoms with Gasteiger partial charge in [-0.1, -0.05) is 5.16 Å². The van der Waals surface area contributed by atoms with Crippen molar-refractivity contribution in [3.05, 3.63) is 52.4 Å². The molecule has 0 amide bonds. The van der Waals surface area contributed by atoms with E-state index in [4.69, 9.17) is 14.0 Å². The van der Waals surface area contributed by atoms with Gasteiger partial charge >= 0.3 is 0 Å². The van der Waals surface area contributed by atoms with E-state index in [1.807, 2.05) is 0 Å². The molecule has 4 rings (SSSR count). The standard InChI is InChI=1S/C22H27N5O3/c1-13-8-19(28-5)15(3)14(2)18(13)10-27-6-7-29-20(11-27)21-17(9-23-12-24-21)22-25-16(4)30-26-22/h8-9,12,20H,6-7,10-11H2,1-5H3/t20-/m1/s1. The van der Waals surface area contributed by atoms with Crippen molar-refractivity contribution >= 4 is 0 Å². The van der Waals surface area contributed by atoms with Crippen LogP contribution in [0.25, 0.3) is 11.4 Å². The lowest BCUT2D eigenvalue weighted by molar-refractivity contribution is -0.0348. The number of nitrogens with zero attached hydrogens (tertiary/aromatic N) is 5. The average molecular weight is 409 g/mol. The second kappa shape index (κ2) is 8.49. The van der Waals surface area contributed by atoms with Crippen LogP contribution in [0.5, 0.6) is 5.75 Å². The first-order chi connectivity index (χ1) is 14.5. The largest absolute Gasteiger partial charge is 0.496 e. The molecule has 1 aliphatic heterocycles. The molecule has 0 saturated carbocycles. The van der Waals surface area contributed by atoms with Crippen LogP contribution in [0.2, 0.25) is 0 Å². The molecule has 0 bridgehead atoms. The van der Waals surface area contributed by atoms with E-state index in [1.54, 1.807) is 20.2 Å². The molecular formula is C22H27N5O3. The van der Waals surface area contributed by atoms with Crippen LogP contribution in [0, 0.1) is 27.7 Å². The Hall–Kier alpha value is -2.84. The summed E-state index contributed by atoms with van der Waals surface area (Å²) in [6, 6.07) is 2.12. The van der Waals surface area contributed by atoms with Crippen LogP contribution >= 0.6 is 0 Å². The molecule has 1 aliphatic rings. The number of hydrogen-bond donors (Lipinski definition) is 0. The molecule has 0 N–H and O–H groups in total. The molecular weight excluding hydrogens is 382 g/mol. The number of benzene rings is 1. The lowest BCUT2D eigenvalue weighted by Crippen LogP contribution is -2.38. The van der Waals surface area contributed by atoms with Gasteiger partial charge in [0.15, 0.2) is 0 Å². The molecule has 0 radical (unpaired) electrons. The van der Waals surface area contributed by atoms with E-state index in [1.165, 1.54) is 28.6 Å². The van der Waals surface area contributed by atoms with E-state index in [0.29, 0.717) is 18.3 Å². The minimum atomic E-state index is -0.185. The van der Waals surface area contributed by atoms with Gasteiger partial charge in [-0.05, 0) is 49.1 Å². The predicted molar refractivity (Wildman–Crippen MR) is 111 cm³/mol. The molecule has 3 aromatic rings. The number of morpholine rings is 1. The van der Waals surface area contributed by atoms with Crippen molar-refractivity contribution in [1.82, 2.24) is 25.0 Å². The van der Waals surface area contributed by atoms with Gasteiger partial charge in [-0.2, -0.15) is 4.98 Å². The van der Waals surface area contributed by atoms with Crippen LogP contribution in [0.1, 0.15) is 39.9 Å². The Bertz CT molecular complexity index is 1050. The van der Waals surface area contributed by atoms with Gasteiger partial charge in [0, 0.05) is 32.8 Å². The maximum atomic E-state index is 6.08. The zero-order chi connectivity index (χ0) is 21.3. The van der Waals surface area contributed by atoms with E-state index >= 15 is 0 Å². The summed E-state index contributed by atoms with van der Waals surface area (Å²) in [5.74, 6) is 1.93. The highest BCUT2D eigenvalue weighted by molar-refractivity contribution is 5.56. The summed E-state index contributed by atoms with van der Waals surface area (Å²) < 4.78 is 16.7. The summed E-state index contributed by atoms with van der Waals surface area (Å²) in [6.45, 7) is 11.3. The summed E-state index contributed by atoms with van der Waals surface area (Å²) in [4.78, 5) is 15.4. The second-order valence-corrected chi connectivity index (χ2v) is 7.68. The molecule has 8 heteroatoms. The summed E-state index contributed by atoms with van der Waals surface area (Å²) in [6.07, 6.45) is 3.07. The Labute approximate surface area is 176 Å². The highest BCUT2D eigenvalue weighted by Crippen LogP contribution is 2.31. The molecule has 1 saturated heterocycles. The maximum Gasteiger partial charge on any atom is 0.223 e. The van der Waals surface area contributed by atoms with Crippen molar-refractivity contribution in [2.24, 2.45) is 0 Å². The van der Waals surface area contributed by atoms with Crippen molar-refractivity contribution in [3.8, 4) is 17.1 Å². The Balaban J connectivity index is 1.58. The smallest absolute Gasteiger partial charge is 0.223 e. The minimum Gasteiger partial charge on any atom is -0.496 e. The van der Waals surface area contributed by atoms with Crippen LogP contribution in [-0.4, -0.2) is 51.8 Å². The van der Waals surface area contributed by atoms with Crippen LogP contribution in [0.15, 0.2) is 23.1 Å². The molecule has 3 heterocycles. The lowest BCUT2D eigenvalue weighted by Gasteiger charge is -2.34. The third kappa shape index (κ3) is 3.93. The number of aryl methyl sites for hydroxylation is 2. The predicted octanol–water partition coefficient (Wildman–Crippen LogP) is 3.34. The highest BCUT2D eigenvalue weighted by atomic mass is 16.5. The van der Waals surface area contributed by atoms with Gasteiger partial charge in [0.05, 0.1) is 25.0 Å².